The molecule has 23 heavy (non-hydrogen) atoms. The first kappa shape index (κ1) is 17.4. The highest BCUT2D eigenvalue weighted by molar-refractivity contribution is 5.87. The molecule has 0 bridgehead atoms. The molecule has 1 atom stereocenters. The molecule has 0 aromatic heterocycles. The van der Waals surface area contributed by atoms with Crippen LogP contribution in [0.2, 0.25) is 0 Å². The van der Waals surface area contributed by atoms with Gasteiger partial charge in [-0.3, -0.25) is 9.59 Å². The molecule has 5 heteroatoms. The van der Waals surface area contributed by atoms with Crippen molar-refractivity contribution in [3.63, 3.8) is 0 Å². The van der Waals surface area contributed by atoms with Gasteiger partial charge in [-0.25, -0.2) is 4.39 Å². The van der Waals surface area contributed by atoms with E-state index in [0.717, 1.165) is 12.8 Å². The summed E-state index contributed by atoms with van der Waals surface area (Å²) in [5, 5.41) is 8.81. The van der Waals surface area contributed by atoms with Crippen molar-refractivity contribution >= 4 is 11.9 Å². The summed E-state index contributed by atoms with van der Waals surface area (Å²) in [6.07, 6.45) is 2.52. The van der Waals surface area contributed by atoms with Gasteiger partial charge in [-0.15, -0.1) is 0 Å². The van der Waals surface area contributed by atoms with Gasteiger partial charge in [0.2, 0.25) is 5.91 Å². The number of hydrogen-bond acceptors (Lipinski definition) is 2. The number of carbonyl (C=O) groups excluding carboxylic acids is 1. The fourth-order valence-electron chi connectivity index (χ4n) is 3.29. The number of carbonyl (C=O) groups is 2. The van der Waals surface area contributed by atoms with Crippen molar-refractivity contribution in [2.45, 2.75) is 44.9 Å². The highest BCUT2D eigenvalue weighted by atomic mass is 19.1. The van der Waals surface area contributed by atoms with Crippen LogP contribution < -0.4 is 0 Å². The Morgan fingerprint density at radius 2 is 2.04 bits per heavy atom. The molecule has 1 heterocycles. The number of hydrogen-bond donors (Lipinski definition) is 1. The average Bonchev–Trinajstić information content (AvgIpc) is 2.52. The minimum Gasteiger partial charge on any atom is -0.481 e. The summed E-state index contributed by atoms with van der Waals surface area (Å²) in [5.74, 6) is -1.06. The molecule has 1 fully saturated rings. The van der Waals surface area contributed by atoms with Gasteiger partial charge in [-0.05, 0) is 45.1 Å². The average molecular weight is 321 g/mol. The molecule has 1 aliphatic rings. The fourth-order valence-corrected chi connectivity index (χ4v) is 3.29. The maximum absolute atomic E-state index is 14.1. The maximum Gasteiger partial charge on any atom is 0.303 e. The summed E-state index contributed by atoms with van der Waals surface area (Å²) in [7, 11) is 0. The fraction of sp³-hybridized carbons (Fsp3) is 0.556. The molecular formula is C18H24FNO3. The predicted octanol–water partition coefficient (Wildman–Crippen LogP) is 3.21. The SMILES string of the molecule is CC(C)(C(=O)N1CCC[C@@H](CCC(=O)O)C1)c1ccccc1F. The normalized spacial score (nSPS) is 18.7. The van der Waals surface area contributed by atoms with Crippen LogP contribution in [0.25, 0.3) is 0 Å². The molecule has 126 valence electrons. The van der Waals surface area contributed by atoms with Crippen molar-refractivity contribution in [3.05, 3.63) is 35.6 Å². The van der Waals surface area contributed by atoms with Crippen LogP contribution in [0.3, 0.4) is 0 Å². The molecule has 1 aromatic carbocycles. The third-order valence-corrected chi connectivity index (χ3v) is 4.65. The number of piperidine rings is 1. The van der Waals surface area contributed by atoms with Gasteiger partial charge in [-0.1, -0.05) is 18.2 Å². The van der Waals surface area contributed by atoms with Crippen LogP contribution >= 0.6 is 0 Å². The topological polar surface area (TPSA) is 57.6 Å². The zero-order chi connectivity index (χ0) is 17.0. The molecule has 0 saturated carbocycles. The van der Waals surface area contributed by atoms with Crippen LogP contribution in [0.5, 0.6) is 0 Å². The minimum absolute atomic E-state index is 0.0948. The zero-order valence-electron chi connectivity index (χ0n) is 13.7. The van der Waals surface area contributed by atoms with Gasteiger partial charge >= 0.3 is 5.97 Å². The van der Waals surface area contributed by atoms with Crippen LogP contribution in [-0.4, -0.2) is 35.0 Å². The number of carboxylic acid groups (broad SMARTS) is 1. The Hall–Kier alpha value is -1.91. The van der Waals surface area contributed by atoms with Gasteiger partial charge in [0.15, 0.2) is 0 Å². The molecule has 4 nitrogen and oxygen atoms in total. The second kappa shape index (κ2) is 7.11. The standard InChI is InChI=1S/C18H24FNO3/c1-18(2,14-7-3-4-8-15(14)19)17(23)20-11-5-6-13(12-20)9-10-16(21)22/h3-4,7-8,13H,5-6,9-12H2,1-2H3,(H,21,22)/t13-/m0/s1. The molecular weight excluding hydrogens is 297 g/mol. The van der Waals surface area contributed by atoms with E-state index in [4.69, 9.17) is 5.11 Å². The van der Waals surface area contributed by atoms with Crippen LogP contribution in [0.1, 0.15) is 45.1 Å². The number of rotatable bonds is 5. The molecule has 2 rings (SSSR count). The van der Waals surface area contributed by atoms with Crippen molar-refractivity contribution in [3.8, 4) is 0 Å². The van der Waals surface area contributed by atoms with Crippen molar-refractivity contribution < 1.29 is 19.1 Å². The molecule has 1 amide bonds. The summed E-state index contributed by atoms with van der Waals surface area (Å²) in [6.45, 7) is 4.70. The number of halogens is 1. The van der Waals surface area contributed by atoms with E-state index in [0.29, 0.717) is 25.1 Å². The Labute approximate surface area is 136 Å². The van der Waals surface area contributed by atoms with Crippen molar-refractivity contribution in [1.29, 1.82) is 0 Å². The summed E-state index contributed by atoms with van der Waals surface area (Å²) in [4.78, 5) is 25.4. The number of aliphatic carboxylic acids is 1. The van der Waals surface area contributed by atoms with E-state index in [1.807, 2.05) is 0 Å². The molecule has 0 unspecified atom stereocenters. The van der Waals surface area contributed by atoms with Crippen LogP contribution in [0.15, 0.2) is 24.3 Å². The van der Waals surface area contributed by atoms with E-state index >= 15 is 0 Å². The van der Waals surface area contributed by atoms with E-state index in [1.165, 1.54) is 6.07 Å². The van der Waals surface area contributed by atoms with E-state index in [9.17, 15) is 14.0 Å². The summed E-state index contributed by atoms with van der Waals surface area (Å²) < 4.78 is 14.1. The van der Waals surface area contributed by atoms with Crippen molar-refractivity contribution in [1.82, 2.24) is 4.90 Å². The Morgan fingerprint density at radius 3 is 2.70 bits per heavy atom. The largest absolute Gasteiger partial charge is 0.481 e. The summed E-state index contributed by atoms with van der Waals surface area (Å²) in [6, 6.07) is 6.37. The third kappa shape index (κ3) is 4.09. The first-order valence-electron chi connectivity index (χ1n) is 8.08. The molecule has 1 aliphatic heterocycles. The quantitative estimate of drug-likeness (QED) is 0.906. The van der Waals surface area contributed by atoms with Gasteiger partial charge in [-0.2, -0.15) is 0 Å². The maximum atomic E-state index is 14.1. The summed E-state index contributed by atoms with van der Waals surface area (Å²) in [5.41, 5.74) is -0.530. The lowest BCUT2D eigenvalue weighted by Crippen LogP contribution is -2.48. The second-order valence-corrected chi connectivity index (χ2v) is 6.80. The second-order valence-electron chi connectivity index (χ2n) is 6.80. The van der Waals surface area contributed by atoms with Gasteiger partial charge < -0.3 is 10.0 Å². The van der Waals surface area contributed by atoms with E-state index in [1.54, 1.807) is 36.9 Å². The smallest absolute Gasteiger partial charge is 0.303 e. The van der Waals surface area contributed by atoms with Crippen molar-refractivity contribution in [2.75, 3.05) is 13.1 Å². The van der Waals surface area contributed by atoms with Gasteiger partial charge in [0.1, 0.15) is 5.82 Å². The molecule has 1 aromatic rings. The lowest BCUT2D eigenvalue weighted by Gasteiger charge is -2.38. The first-order valence-corrected chi connectivity index (χ1v) is 8.08. The molecule has 1 saturated heterocycles. The number of carboxylic acids is 1. The highest BCUT2D eigenvalue weighted by Gasteiger charge is 2.37. The number of nitrogens with zero attached hydrogens (tertiary/aromatic N) is 1. The Bertz CT molecular complexity index is 585. The molecule has 1 N–H and O–H groups in total. The van der Waals surface area contributed by atoms with Gasteiger partial charge in [0.25, 0.3) is 0 Å². The van der Waals surface area contributed by atoms with Gasteiger partial charge in [0, 0.05) is 25.1 Å². The Morgan fingerprint density at radius 1 is 1.35 bits per heavy atom. The van der Waals surface area contributed by atoms with Crippen LogP contribution in [0, 0.1) is 11.7 Å². The lowest BCUT2D eigenvalue weighted by molar-refractivity contribution is -0.138. The van der Waals surface area contributed by atoms with Gasteiger partial charge in [0.05, 0.1) is 5.41 Å². The van der Waals surface area contributed by atoms with E-state index < -0.39 is 11.4 Å². The van der Waals surface area contributed by atoms with Crippen molar-refractivity contribution in [2.24, 2.45) is 5.92 Å². The molecule has 0 aliphatic carbocycles. The highest BCUT2D eigenvalue weighted by Crippen LogP contribution is 2.30. The van der Waals surface area contributed by atoms with E-state index in [2.05, 4.69) is 0 Å². The number of benzene rings is 1. The summed E-state index contributed by atoms with van der Waals surface area (Å²) >= 11 is 0. The molecule has 0 radical (unpaired) electrons. The predicted molar refractivity (Wildman–Crippen MR) is 85.6 cm³/mol. The lowest BCUT2D eigenvalue weighted by atomic mass is 9.81. The number of likely N-dealkylation sites (tertiary alicyclic amines) is 1. The minimum atomic E-state index is -0.931. The Balaban J connectivity index is 2.09. The Kier molecular flexibility index (Phi) is 5.39. The third-order valence-electron chi connectivity index (χ3n) is 4.65. The number of amides is 1. The van der Waals surface area contributed by atoms with Crippen LogP contribution in [0.4, 0.5) is 4.39 Å². The molecule has 0 spiro atoms. The zero-order valence-corrected chi connectivity index (χ0v) is 13.7. The first-order chi connectivity index (χ1) is 10.8. The van der Waals surface area contributed by atoms with E-state index in [-0.39, 0.29) is 24.1 Å². The van der Waals surface area contributed by atoms with Crippen LogP contribution in [-0.2, 0) is 15.0 Å². The monoisotopic (exact) mass is 321 g/mol.